The van der Waals surface area contributed by atoms with E-state index in [1.807, 2.05) is 24.5 Å². The van der Waals surface area contributed by atoms with Crippen LogP contribution in [0.15, 0.2) is 24.5 Å². The first-order valence-electron chi connectivity index (χ1n) is 10.8. The fraction of sp³-hybridized carbons (Fsp3) is 0.583. The highest BCUT2D eigenvalue weighted by Crippen LogP contribution is 2.46. The number of aromatic nitrogens is 1. The number of hydrogen-bond acceptors (Lipinski definition) is 3. The van der Waals surface area contributed by atoms with Gasteiger partial charge in [0.15, 0.2) is 5.78 Å². The number of amides is 1. The van der Waals surface area contributed by atoms with Gasteiger partial charge in [0.1, 0.15) is 0 Å². The van der Waals surface area contributed by atoms with Crippen LogP contribution in [-0.4, -0.2) is 41.2 Å². The Kier molecular flexibility index (Phi) is 5.52. The third kappa shape index (κ3) is 3.97. The van der Waals surface area contributed by atoms with Crippen LogP contribution >= 0.6 is 0 Å². The zero-order valence-corrected chi connectivity index (χ0v) is 16.4. The highest BCUT2D eigenvalue weighted by molar-refractivity contribution is 6.12. The minimum atomic E-state index is -0.0106. The Morgan fingerprint density at radius 1 is 1.14 bits per heavy atom. The quantitative estimate of drug-likeness (QED) is 0.705. The summed E-state index contributed by atoms with van der Waals surface area (Å²) in [4.78, 5) is 30.9. The minimum Gasteiger partial charge on any atom is -0.367 e. The van der Waals surface area contributed by atoms with Crippen LogP contribution in [0.4, 0.5) is 5.69 Å². The molecule has 2 N–H and O–H groups in total. The maximum atomic E-state index is 12.8. The Balaban J connectivity index is 0.00000205. The summed E-state index contributed by atoms with van der Waals surface area (Å²) in [5.41, 5.74) is 3.85. The second-order valence-electron chi connectivity index (χ2n) is 9.12. The van der Waals surface area contributed by atoms with E-state index in [4.69, 9.17) is 0 Å². The minimum absolute atomic E-state index is 0. The predicted octanol–water partition coefficient (Wildman–Crippen LogP) is 4.94. The van der Waals surface area contributed by atoms with Crippen LogP contribution in [0.2, 0.25) is 0 Å². The van der Waals surface area contributed by atoms with E-state index in [2.05, 4.69) is 15.2 Å². The van der Waals surface area contributed by atoms with Gasteiger partial charge in [-0.2, -0.15) is 0 Å². The van der Waals surface area contributed by atoms with Crippen molar-refractivity contribution in [3.05, 3.63) is 30.1 Å². The molecule has 2 aliphatic heterocycles. The Bertz CT molecular complexity index is 851. The molecule has 0 radical (unpaired) electrons. The van der Waals surface area contributed by atoms with Crippen molar-refractivity contribution in [2.24, 2.45) is 11.3 Å². The molecule has 156 valence electrons. The van der Waals surface area contributed by atoms with E-state index < -0.39 is 0 Å². The zero-order valence-electron chi connectivity index (χ0n) is 16.4. The number of carbonyl (C=O) groups excluding carboxylic acids is 2. The molecule has 2 saturated carbocycles. The van der Waals surface area contributed by atoms with Gasteiger partial charge >= 0.3 is 0 Å². The summed E-state index contributed by atoms with van der Waals surface area (Å²) in [6, 6.07) is 3.89. The van der Waals surface area contributed by atoms with Crippen LogP contribution in [0.25, 0.3) is 11.1 Å². The van der Waals surface area contributed by atoms with Gasteiger partial charge in [-0.05, 0) is 74.7 Å². The maximum absolute atomic E-state index is 12.8. The number of ketones is 1. The summed E-state index contributed by atoms with van der Waals surface area (Å²) >= 11 is 0. The number of hydrogen-bond donors (Lipinski definition) is 2. The summed E-state index contributed by atoms with van der Waals surface area (Å²) in [5, 5.41) is 3.08. The van der Waals surface area contributed by atoms with E-state index in [9.17, 15) is 9.59 Å². The number of nitrogens with one attached hydrogen (secondary N) is 2. The van der Waals surface area contributed by atoms with Crippen molar-refractivity contribution < 1.29 is 9.59 Å². The fourth-order valence-electron chi connectivity index (χ4n) is 5.24. The lowest BCUT2D eigenvalue weighted by molar-refractivity contribution is -0.117. The molecule has 1 spiro atoms. The molecule has 0 bridgehead atoms. The van der Waals surface area contributed by atoms with Crippen molar-refractivity contribution in [3.63, 3.8) is 0 Å². The van der Waals surface area contributed by atoms with Crippen LogP contribution in [0.5, 0.6) is 0 Å². The molecule has 5 aliphatic rings. The van der Waals surface area contributed by atoms with Crippen LogP contribution in [0.3, 0.4) is 0 Å². The molecule has 29 heavy (non-hydrogen) atoms. The number of nitrogens with zero attached hydrogens (tertiary/aromatic N) is 1. The van der Waals surface area contributed by atoms with E-state index in [1.165, 1.54) is 38.5 Å². The average molecular weight is 396 g/mol. The highest BCUT2D eigenvalue weighted by atomic mass is 16.2. The molecule has 5 nitrogen and oxygen atoms in total. The van der Waals surface area contributed by atoms with Crippen LogP contribution < -0.4 is 5.32 Å². The molecule has 2 heterocycles. The van der Waals surface area contributed by atoms with Crippen molar-refractivity contribution >= 4 is 17.4 Å². The topological polar surface area (TPSA) is 65.2 Å². The molecule has 0 atom stereocenters. The molecule has 3 aliphatic carbocycles. The lowest BCUT2D eigenvalue weighted by Gasteiger charge is -2.39. The molecule has 0 aromatic heterocycles. The van der Waals surface area contributed by atoms with E-state index >= 15 is 0 Å². The molecule has 1 amide bonds. The van der Waals surface area contributed by atoms with Gasteiger partial charge in [-0.15, -0.1) is 0 Å². The first kappa shape index (κ1) is 20.1. The van der Waals surface area contributed by atoms with E-state index in [-0.39, 0.29) is 25.0 Å². The van der Waals surface area contributed by atoms with E-state index in [1.54, 1.807) is 0 Å². The first-order chi connectivity index (χ1) is 13.6. The summed E-state index contributed by atoms with van der Waals surface area (Å²) < 4.78 is 0. The van der Waals surface area contributed by atoms with Gasteiger partial charge < -0.3 is 10.3 Å². The standard InChI is InChI=1S/C23H29N3O2.CH4/c27-20(15-26-11-8-23(9-12-26)6-1-2-7-23)25-21-18(22(28)16-3-4-16)13-17-5-10-24-14-19(17)21;/h5,10,13-14,16,24H,1-4,6-9,11-12,15H2,(H,25,27);1H4. The Labute approximate surface area is 173 Å². The summed E-state index contributed by atoms with van der Waals surface area (Å²) in [7, 11) is 0. The number of aromatic amines is 1. The highest BCUT2D eigenvalue weighted by Gasteiger charge is 2.37. The summed E-state index contributed by atoms with van der Waals surface area (Å²) in [6.45, 7) is 2.43. The molecule has 5 heteroatoms. The normalized spacial score (nSPS) is 21.2. The maximum Gasteiger partial charge on any atom is 0.238 e. The van der Waals surface area contributed by atoms with Crippen molar-refractivity contribution in [2.45, 2.75) is 58.8 Å². The third-order valence-electron chi connectivity index (χ3n) is 7.16. The van der Waals surface area contributed by atoms with Crippen molar-refractivity contribution in [1.82, 2.24) is 9.88 Å². The van der Waals surface area contributed by atoms with Gasteiger partial charge in [-0.3, -0.25) is 14.5 Å². The largest absolute Gasteiger partial charge is 0.367 e. The lowest BCUT2D eigenvalue weighted by Crippen LogP contribution is -2.42. The number of piperidine rings is 1. The smallest absolute Gasteiger partial charge is 0.238 e. The molecule has 3 fully saturated rings. The van der Waals surface area contributed by atoms with Gasteiger partial charge in [0.2, 0.25) is 5.91 Å². The predicted molar refractivity (Wildman–Crippen MR) is 116 cm³/mol. The van der Waals surface area contributed by atoms with Crippen molar-refractivity contribution in [3.8, 4) is 11.1 Å². The molecule has 0 aromatic carbocycles. The molecular weight excluding hydrogens is 362 g/mol. The van der Waals surface area contributed by atoms with Gasteiger partial charge in [0.05, 0.1) is 12.2 Å². The van der Waals surface area contributed by atoms with Crippen LogP contribution in [0.1, 0.15) is 69.2 Å². The van der Waals surface area contributed by atoms with Gasteiger partial charge in [-0.25, -0.2) is 0 Å². The van der Waals surface area contributed by atoms with Crippen molar-refractivity contribution in [1.29, 1.82) is 0 Å². The number of rotatable bonds is 5. The fourth-order valence-corrected chi connectivity index (χ4v) is 5.24. The molecule has 5 rings (SSSR count). The van der Waals surface area contributed by atoms with E-state index in [0.29, 0.717) is 23.2 Å². The number of H-pyrrole nitrogens is 1. The molecule has 0 aromatic rings. The molecule has 0 unspecified atom stereocenters. The number of carbonyl (C=O) groups is 2. The number of likely N-dealkylation sites (tertiary alicyclic amines) is 1. The number of fused-ring (bicyclic) bond motifs is 1. The van der Waals surface area contributed by atoms with Gasteiger partial charge in [0.25, 0.3) is 0 Å². The SMILES string of the molecule is C.O=C(CN1CCC2(CCCC2)CC1)Nc1c(C(=O)C2CC2)cc2cc[nH]cc1-2. The Morgan fingerprint density at radius 3 is 2.55 bits per heavy atom. The zero-order chi connectivity index (χ0) is 19.1. The number of Topliss-reactive ketones (excluding diaryl/α,β-unsaturated/α-hetero) is 1. The van der Waals surface area contributed by atoms with Crippen LogP contribution in [-0.2, 0) is 4.79 Å². The Hall–Kier alpha value is -2.14. The van der Waals surface area contributed by atoms with Crippen LogP contribution in [0, 0.1) is 11.3 Å². The van der Waals surface area contributed by atoms with Gasteiger partial charge in [-0.1, -0.05) is 20.3 Å². The van der Waals surface area contributed by atoms with E-state index in [0.717, 1.165) is 37.1 Å². The monoisotopic (exact) mass is 395 g/mol. The molecular formula is C24H33N3O2. The lowest BCUT2D eigenvalue weighted by atomic mass is 9.77. The first-order valence-corrected chi connectivity index (χ1v) is 10.8. The number of pyridine rings is 1. The summed E-state index contributed by atoms with van der Waals surface area (Å²) in [6.07, 6.45) is 13.6. The third-order valence-corrected chi connectivity index (χ3v) is 7.16. The van der Waals surface area contributed by atoms with Gasteiger partial charge in [0, 0.05) is 29.4 Å². The second-order valence-corrected chi connectivity index (χ2v) is 9.12. The number of anilines is 1. The second kappa shape index (κ2) is 7.94. The summed E-state index contributed by atoms with van der Waals surface area (Å²) in [5.74, 6) is 0.303. The van der Waals surface area contributed by atoms with Crippen molar-refractivity contribution in [2.75, 3.05) is 25.0 Å². The average Bonchev–Trinajstić information content (AvgIpc) is 3.37. The molecule has 1 saturated heterocycles. The Morgan fingerprint density at radius 2 is 1.86 bits per heavy atom.